The maximum Gasteiger partial charge on any atom is 0.319 e. The van der Waals surface area contributed by atoms with Crippen molar-refractivity contribution in [3.63, 3.8) is 0 Å². The highest BCUT2D eigenvalue weighted by atomic mass is 19.1. The van der Waals surface area contributed by atoms with Crippen LogP contribution in [0.1, 0.15) is 12.8 Å². The van der Waals surface area contributed by atoms with E-state index in [-0.39, 0.29) is 18.7 Å². The molecular formula is C12H15FN2O4. The number of anilines is 1. The number of halogens is 1. The van der Waals surface area contributed by atoms with E-state index in [1.807, 2.05) is 0 Å². The van der Waals surface area contributed by atoms with Crippen molar-refractivity contribution >= 4 is 17.7 Å². The standard InChI is InChI=1S/C12H15FN2O4/c1-19-8-4-5-9(13)10(7-8)15-12(18)14-6-2-3-11(16)17/h4-5,7H,2-3,6H2,1H3,(H,16,17)(H2,14,15,18). The Morgan fingerprint density at radius 2 is 2.16 bits per heavy atom. The van der Waals surface area contributed by atoms with E-state index in [2.05, 4.69) is 10.6 Å². The summed E-state index contributed by atoms with van der Waals surface area (Å²) in [4.78, 5) is 21.7. The van der Waals surface area contributed by atoms with Gasteiger partial charge in [0.1, 0.15) is 11.6 Å². The zero-order chi connectivity index (χ0) is 14.3. The van der Waals surface area contributed by atoms with E-state index in [0.29, 0.717) is 12.2 Å². The van der Waals surface area contributed by atoms with Gasteiger partial charge in [-0.25, -0.2) is 9.18 Å². The van der Waals surface area contributed by atoms with Crippen LogP contribution in [-0.4, -0.2) is 30.8 Å². The maximum atomic E-state index is 13.4. The molecule has 1 aromatic rings. The van der Waals surface area contributed by atoms with Crippen LogP contribution in [0.5, 0.6) is 5.75 Å². The Morgan fingerprint density at radius 1 is 1.42 bits per heavy atom. The van der Waals surface area contributed by atoms with Crippen molar-refractivity contribution in [1.29, 1.82) is 0 Å². The van der Waals surface area contributed by atoms with Crippen LogP contribution in [0.4, 0.5) is 14.9 Å². The van der Waals surface area contributed by atoms with Crippen LogP contribution in [-0.2, 0) is 4.79 Å². The summed E-state index contributed by atoms with van der Waals surface area (Å²) < 4.78 is 18.3. The van der Waals surface area contributed by atoms with Crippen molar-refractivity contribution in [3.8, 4) is 5.75 Å². The van der Waals surface area contributed by atoms with Gasteiger partial charge in [0.2, 0.25) is 0 Å². The minimum Gasteiger partial charge on any atom is -0.497 e. The number of hydrogen-bond acceptors (Lipinski definition) is 3. The molecule has 0 atom stereocenters. The molecule has 0 bridgehead atoms. The Balaban J connectivity index is 2.45. The number of nitrogens with one attached hydrogen (secondary N) is 2. The zero-order valence-electron chi connectivity index (χ0n) is 10.4. The molecule has 0 aliphatic heterocycles. The van der Waals surface area contributed by atoms with Crippen molar-refractivity contribution < 1.29 is 23.8 Å². The number of hydrogen-bond donors (Lipinski definition) is 3. The molecule has 3 N–H and O–H groups in total. The Labute approximate surface area is 109 Å². The topological polar surface area (TPSA) is 87.7 Å². The molecule has 0 aliphatic carbocycles. The van der Waals surface area contributed by atoms with Gasteiger partial charge in [-0.2, -0.15) is 0 Å². The van der Waals surface area contributed by atoms with Gasteiger partial charge in [-0.1, -0.05) is 0 Å². The average Bonchev–Trinajstić information content (AvgIpc) is 2.37. The number of methoxy groups -OCH3 is 1. The number of rotatable bonds is 6. The van der Waals surface area contributed by atoms with Gasteiger partial charge in [0.25, 0.3) is 0 Å². The largest absolute Gasteiger partial charge is 0.497 e. The van der Waals surface area contributed by atoms with Gasteiger partial charge in [0.15, 0.2) is 0 Å². The molecule has 0 spiro atoms. The summed E-state index contributed by atoms with van der Waals surface area (Å²) in [5, 5.41) is 13.2. The number of urea groups is 1. The Bertz CT molecular complexity index is 465. The number of amides is 2. The second kappa shape index (κ2) is 7.20. The van der Waals surface area contributed by atoms with Crippen LogP contribution in [0.15, 0.2) is 18.2 Å². The third-order valence-electron chi connectivity index (χ3n) is 2.27. The third kappa shape index (κ3) is 5.24. The van der Waals surface area contributed by atoms with E-state index in [9.17, 15) is 14.0 Å². The molecule has 0 saturated heterocycles. The molecule has 0 unspecified atom stereocenters. The van der Waals surface area contributed by atoms with Crippen molar-refractivity contribution in [1.82, 2.24) is 5.32 Å². The lowest BCUT2D eigenvalue weighted by Gasteiger charge is -2.09. The van der Waals surface area contributed by atoms with Gasteiger partial charge in [-0.3, -0.25) is 4.79 Å². The molecule has 6 nitrogen and oxygen atoms in total. The number of benzene rings is 1. The molecule has 0 fully saturated rings. The maximum absolute atomic E-state index is 13.4. The molecule has 0 heterocycles. The summed E-state index contributed by atoms with van der Waals surface area (Å²) >= 11 is 0. The number of carboxylic acid groups (broad SMARTS) is 1. The first-order chi connectivity index (χ1) is 9.02. The quantitative estimate of drug-likeness (QED) is 0.688. The van der Waals surface area contributed by atoms with Gasteiger partial charge >= 0.3 is 12.0 Å². The van der Waals surface area contributed by atoms with Gasteiger partial charge in [-0.05, 0) is 18.6 Å². The van der Waals surface area contributed by atoms with Crippen LogP contribution in [0.3, 0.4) is 0 Å². The van der Waals surface area contributed by atoms with Crippen LogP contribution in [0.25, 0.3) is 0 Å². The van der Waals surface area contributed by atoms with Crippen molar-refractivity contribution in [2.75, 3.05) is 19.0 Å². The number of aliphatic carboxylic acids is 1. The van der Waals surface area contributed by atoms with Crippen molar-refractivity contribution in [2.24, 2.45) is 0 Å². The SMILES string of the molecule is COc1ccc(F)c(NC(=O)NCCCC(=O)O)c1. The molecule has 1 rings (SSSR count). The predicted molar refractivity (Wildman–Crippen MR) is 66.8 cm³/mol. The Kier molecular flexibility index (Phi) is 5.59. The predicted octanol–water partition coefficient (Wildman–Crippen LogP) is 1.82. The summed E-state index contributed by atoms with van der Waals surface area (Å²) in [7, 11) is 1.43. The first-order valence-corrected chi connectivity index (χ1v) is 5.63. The highest BCUT2D eigenvalue weighted by molar-refractivity contribution is 5.89. The molecule has 19 heavy (non-hydrogen) atoms. The fourth-order valence-electron chi connectivity index (χ4n) is 1.34. The van der Waals surface area contributed by atoms with E-state index in [4.69, 9.17) is 9.84 Å². The minimum atomic E-state index is -0.930. The van der Waals surface area contributed by atoms with Crippen molar-refractivity contribution in [2.45, 2.75) is 12.8 Å². The number of carbonyl (C=O) groups is 2. The first-order valence-electron chi connectivity index (χ1n) is 5.63. The van der Waals surface area contributed by atoms with Crippen LogP contribution in [0.2, 0.25) is 0 Å². The number of ether oxygens (including phenoxy) is 1. The van der Waals surface area contributed by atoms with Crippen LogP contribution < -0.4 is 15.4 Å². The second-order valence-corrected chi connectivity index (χ2v) is 3.72. The summed E-state index contributed by atoms with van der Waals surface area (Å²) in [6, 6.07) is 3.37. The average molecular weight is 270 g/mol. The summed E-state index contributed by atoms with van der Waals surface area (Å²) in [6.45, 7) is 0.198. The van der Waals surface area contributed by atoms with Gasteiger partial charge in [-0.15, -0.1) is 0 Å². The third-order valence-corrected chi connectivity index (χ3v) is 2.27. The van der Waals surface area contributed by atoms with E-state index < -0.39 is 17.8 Å². The van der Waals surface area contributed by atoms with Gasteiger partial charge in [0, 0.05) is 19.0 Å². The van der Waals surface area contributed by atoms with Crippen molar-refractivity contribution in [3.05, 3.63) is 24.0 Å². The fourth-order valence-corrected chi connectivity index (χ4v) is 1.34. The number of carbonyl (C=O) groups excluding carboxylic acids is 1. The molecule has 1 aromatic carbocycles. The highest BCUT2D eigenvalue weighted by Gasteiger charge is 2.08. The van der Waals surface area contributed by atoms with E-state index in [1.165, 1.54) is 25.3 Å². The van der Waals surface area contributed by atoms with Gasteiger partial charge < -0.3 is 20.5 Å². The summed E-state index contributed by atoms with van der Waals surface area (Å²) in [5.74, 6) is -1.09. The normalized spacial score (nSPS) is 9.79. The molecule has 0 radical (unpaired) electrons. The lowest BCUT2D eigenvalue weighted by atomic mass is 10.3. The Morgan fingerprint density at radius 3 is 2.79 bits per heavy atom. The number of carboxylic acids is 1. The molecular weight excluding hydrogens is 255 g/mol. The smallest absolute Gasteiger partial charge is 0.319 e. The molecule has 7 heteroatoms. The lowest BCUT2D eigenvalue weighted by Crippen LogP contribution is -2.30. The molecule has 0 aromatic heterocycles. The summed E-state index contributed by atoms with van der Waals surface area (Å²) in [5.41, 5.74) is -0.00455. The molecule has 2 amide bonds. The second-order valence-electron chi connectivity index (χ2n) is 3.72. The van der Waals surface area contributed by atoms with E-state index in [1.54, 1.807) is 0 Å². The van der Waals surface area contributed by atoms with E-state index >= 15 is 0 Å². The zero-order valence-corrected chi connectivity index (χ0v) is 10.4. The molecule has 0 aliphatic rings. The molecule has 104 valence electrons. The van der Waals surface area contributed by atoms with Gasteiger partial charge in [0.05, 0.1) is 12.8 Å². The molecule has 0 saturated carbocycles. The van der Waals surface area contributed by atoms with Crippen LogP contribution >= 0.6 is 0 Å². The fraction of sp³-hybridized carbons (Fsp3) is 0.333. The summed E-state index contributed by atoms with van der Waals surface area (Å²) in [6.07, 6.45) is 0.275. The minimum absolute atomic E-state index is 0.00455. The Hall–Kier alpha value is -2.31. The first kappa shape index (κ1) is 14.7. The highest BCUT2D eigenvalue weighted by Crippen LogP contribution is 2.20. The van der Waals surface area contributed by atoms with Crippen LogP contribution in [0, 0.1) is 5.82 Å². The lowest BCUT2D eigenvalue weighted by molar-refractivity contribution is -0.137. The monoisotopic (exact) mass is 270 g/mol. The van der Waals surface area contributed by atoms with E-state index in [0.717, 1.165) is 0 Å².